The van der Waals surface area contributed by atoms with Crippen molar-refractivity contribution in [3.05, 3.63) is 0 Å². The number of carbonyl (C=O) groups is 2. The second-order valence-corrected chi connectivity index (χ2v) is 4.71. The van der Waals surface area contributed by atoms with Crippen LogP contribution in [0.4, 0.5) is 0 Å². The van der Waals surface area contributed by atoms with Crippen LogP contribution >= 0.6 is 0 Å². The molecule has 0 aliphatic carbocycles. The van der Waals surface area contributed by atoms with Gasteiger partial charge in [0.2, 0.25) is 5.91 Å². The number of amides is 1. The maximum Gasteiger partial charge on any atom is 0.310 e. The summed E-state index contributed by atoms with van der Waals surface area (Å²) in [5.74, 6) is -0.780. The van der Waals surface area contributed by atoms with Crippen LogP contribution in [-0.4, -0.2) is 50.3 Å². The molecule has 0 spiro atoms. The molecule has 0 aromatic heterocycles. The first-order valence-corrected chi connectivity index (χ1v) is 6.30. The van der Waals surface area contributed by atoms with Crippen molar-refractivity contribution in [1.29, 1.82) is 0 Å². The minimum absolute atomic E-state index is 0.135. The van der Waals surface area contributed by atoms with E-state index in [1.165, 1.54) is 0 Å². The van der Waals surface area contributed by atoms with Crippen molar-refractivity contribution in [2.75, 3.05) is 26.3 Å². The van der Waals surface area contributed by atoms with Crippen LogP contribution in [0.5, 0.6) is 0 Å². The van der Waals surface area contributed by atoms with Gasteiger partial charge in [-0.15, -0.1) is 0 Å². The lowest BCUT2D eigenvalue weighted by atomic mass is 10.1. The number of hydrogen-bond acceptors (Lipinski definition) is 5. The molecule has 1 amide bonds. The number of morpholine rings is 1. The average Bonchev–Trinajstić information content (AvgIpc) is 2.35. The zero-order chi connectivity index (χ0) is 13.5. The quantitative estimate of drug-likeness (QED) is 0.661. The van der Waals surface area contributed by atoms with E-state index >= 15 is 0 Å². The molecule has 1 aliphatic rings. The highest BCUT2D eigenvalue weighted by molar-refractivity contribution is 5.82. The van der Waals surface area contributed by atoms with E-state index in [0.29, 0.717) is 19.8 Å². The van der Waals surface area contributed by atoms with E-state index in [0.717, 1.165) is 0 Å². The molecule has 18 heavy (non-hydrogen) atoms. The summed E-state index contributed by atoms with van der Waals surface area (Å²) in [5.41, 5.74) is 0. The molecular formula is C12H22N2O4. The van der Waals surface area contributed by atoms with Crippen LogP contribution in [0.2, 0.25) is 0 Å². The van der Waals surface area contributed by atoms with Gasteiger partial charge in [0.1, 0.15) is 6.04 Å². The Morgan fingerprint density at radius 2 is 2.17 bits per heavy atom. The Kier molecular flexibility index (Phi) is 6.07. The summed E-state index contributed by atoms with van der Waals surface area (Å²) < 4.78 is 10.3. The van der Waals surface area contributed by atoms with Crippen molar-refractivity contribution < 1.29 is 19.1 Å². The summed E-state index contributed by atoms with van der Waals surface area (Å²) in [7, 11) is 0. The Bertz CT molecular complexity index is 288. The van der Waals surface area contributed by atoms with Gasteiger partial charge in [0.05, 0.1) is 25.2 Å². The van der Waals surface area contributed by atoms with E-state index in [4.69, 9.17) is 9.47 Å². The van der Waals surface area contributed by atoms with Crippen LogP contribution in [0.3, 0.4) is 0 Å². The van der Waals surface area contributed by atoms with Gasteiger partial charge in [-0.3, -0.25) is 9.59 Å². The molecule has 1 aliphatic heterocycles. The van der Waals surface area contributed by atoms with Gasteiger partial charge in [0.25, 0.3) is 0 Å². The van der Waals surface area contributed by atoms with Crippen LogP contribution in [0.25, 0.3) is 0 Å². The summed E-state index contributed by atoms with van der Waals surface area (Å²) >= 11 is 0. The zero-order valence-corrected chi connectivity index (χ0v) is 11.2. The molecule has 0 saturated carbocycles. The highest BCUT2D eigenvalue weighted by atomic mass is 16.5. The van der Waals surface area contributed by atoms with Gasteiger partial charge in [0.15, 0.2) is 0 Å². The van der Waals surface area contributed by atoms with Crippen molar-refractivity contribution in [1.82, 2.24) is 10.6 Å². The molecule has 1 heterocycles. The number of rotatable bonds is 5. The normalized spacial score (nSPS) is 21.4. The van der Waals surface area contributed by atoms with Crippen molar-refractivity contribution >= 4 is 11.9 Å². The van der Waals surface area contributed by atoms with Crippen LogP contribution in [0.1, 0.15) is 20.8 Å². The van der Waals surface area contributed by atoms with E-state index in [9.17, 15) is 9.59 Å². The van der Waals surface area contributed by atoms with Gasteiger partial charge in [0, 0.05) is 13.1 Å². The van der Waals surface area contributed by atoms with Gasteiger partial charge < -0.3 is 20.1 Å². The van der Waals surface area contributed by atoms with E-state index in [1.807, 2.05) is 0 Å². The van der Waals surface area contributed by atoms with Crippen LogP contribution in [0.15, 0.2) is 0 Å². The molecule has 0 radical (unpaired) electrons. The number of esters is 1. The molecular weight excluding hydrogens is 236 g/mol. The van der Waals surface area contributed by atoms with E-state index in [-0.39, 0.29) is 36.5 Å². The summed E-state index contributed by atoms with van der Waals surface area (Å²) in [4.78, 5) is 23.3. The lowest BCUT2D eigenvalue weighted by Gasteiger charge is -2.23. The minimum Gasteiger partial charge on any atom is -0.463 e. The minimum atomic E-state index is -0.346. The van der Waals surface area contributed by atoms with Gasteiger partial charge in [-0.05, 0) is 13.8 Å². The van der Waals surface area contributed by atoms with E-state index < -0.39 is 0 Å². The third kappa shape index (κ3) is 5.01. The molecule has 6 heteroatoms. The Morgan fingerprint density at radius 3 is 2.72 bits per heavy atom. The van der Waals surface area contributed by atoms with Crippen molar-refractivity contribution in [2.24, 2.45) is 5.92 Å². The molecule has 2 atom stereocenters. The lowest BCUT2D eigenvalue weighted by molar-refractivity contribution is -0.151. The monoisotopic (exact) mass is 258 g/mol. The van der Waals surface area contributed by atoms with Gasteiger partial charge in [-0.1, -0.05) is 6.92 Å². The molecule has 6 nitrogen and oxygen atoms in total. The molecule has 1 fully saturated rings. The smallest absolute Gasteiger partial charge is 0.310 e. The molecule has 0 aromatic rings. The van der Waals surface area contributed by atoms with Gasteiger partial charge in [-0.2, -0.15) is 0 Å². The fourth-order valence-corrected chi connectivity index (χ4v) is 1.54. The molecule has 2 unspecified atom stereocenters. The Labute approximate surface area is 107 Å². The third-order valence-electron chi connectivity index (χ3n) is 2.57. The van der Waals surface area contributed by atoms with Gasteiger partial charge >= 0.3 is 5.97 Å². The molecule has 0 bridgehead atoms. The molecule has 1 saturated heterocycles. The van der Waals surface area contributed by atoms with Crippen molar-refractivity contribution in [2.45, 2.75) is 32.9 Å². The molecule has 1 rings (SSSR count). The second-order valence-electron chi connectivity index (χ2n) is 4.71. The largest absolute Gasteiger partial charge is 0.463 e. The first-order valence-electron chi connectivity index (χ1n) is 6.30. The summed E-state index contributed by atoms with van der Waals surface area (Å²) in [5, 5.41) is 5.77. The third-order valence-corrected chi connectivity index (χ3v) is 2.57. The molecule has 0 aromatic carbocycles. The van der Waals surface area contributed by atoms with E-state index in [1.54, 1.807) is 20.8 Å². The fourth-order valence-electron chi connectivity index (χ4n) is 1.54. The van der Waals surface area contributed by atoms with Crippen LogP contribution in [0, 0.1) is 5.92 Å². The fraction of sp³-hybridized carbons (Fsp3) is 0.833. The number of hydrogen-bond donors (Lipinski definition) is 2. The first kappa shape index (κ1) is 14.9. The average molecular weight is 258 g/mol. The highest BCUT2D eigenvalue weighted by Gasteiger charge is 2.23. The number of ether oxygens (including phenoxy) is 2. The first-order chi connectivity index (χ1) is 8.50. The number of nitrogens with one attached hydrogen (secondary N) is 2. The Balaban J connectivity index is 2.26. The SMILES string of the molecule is CC(C)OC(=O)C(C)CNC(=O)C1COCCN1. The number of carbonyl (C=O) groups excluding carboxylic acids is 2. The van der Waals surface area contributed by atoms with Crippen molar-refractivity contribution in [3.63, 3.8) is 0 Å². The zero-order valence-electron chi connectivity index (χ0n) is 11.2. The molecule has 104 valence electrons. The second kappa shape index (κ2) is 7.33. The maximum absolute atomic E-state index is 11.7. The summed E-state index contributed by atoms with van der Waals surface area (Å²) in [6, 6.07) is -0.327. The van der Waals surface area contributed by atoms with Crippen LogP contribution < -0.4 is 10.6 Å². The molecule has 2 N–H and O–H groups in total. The summed E-state index contributed by atoms with van der Waals surface area (Å²) in [6.45, 7) is 7.28. The Hall–Kier alpha value is -1.14. The predicted molar refractivity (Wildman–Crippen MR) is 66.0 cm³/mol. The Morgan fingerprint density at radius 1 is 1.44 bits per heavy atom. The lowest BCUT2D eigenvalue weighted by Crippen LogP contribution is -2.52. The highest BCUT2D eigenvalue weighted by Crippen LogP contribution is 2.01. The van der Waals surface area contributed by atoms with Gasteiger partial charge in [-0.25, -0.2) is 0 Å². The standard InChI is InChI=1S/C12H22N2O4/c1-8(2)18-12(16)9(3)6-14-11(15)10-7-17-5-4-13-10/h8-10,13H,4-7H2,1-3H3,(H,14,15). The van der Waals surface area contributed by atoms with Crippen LogP contribution in [-0.2, 0) is 19.1 Å². The maximum atomic E-state index is 11.7. The predicted octanol–water partition coefficient (Wildman–Crippen LogP) is -0.321. The topological polar surface area (TPSA) is 76.7 Å². The summed E-state index contributed by atoms with van der Waals surface area (Å²) in [6.07, 6.45) is -0.135. The van der Waals surface area contributed by atoms with Crippen molar-refractivity contribution in [3.8, 4) is 0 Å². The van der Waals surface area contributed by atoms with E-state index in [2.05, 4.69) is 10.6 Å².